The molecule has 0 aromatic rings. The van der Waals surface area contributed by atoms with E-state index in [0.29, 0.717) is 12.3 Å². The Morgan fingerprint density at radius 2 is 2.64 bits per heavy atom. The van der Waals surface area contributed by atoms with Crippen LogP contribution in [-0.4, -0.2) is 29.3 Å². The number of hydrogen-bond donors (Lipinski definition) is 1. The predicted octanol–water partition coefficient (Wildman–Crippen LogP) is 0.834. The number of nitrogens with one attached hydrogen (secondary N) is 1. The number of alkyl halides is 1. The van der Waals surface area contributed by atoms with Gasteiger partial charge in [0.25, 0.3) is 0 Å². The van der Waals surface area contributed by atoms with Gasteiger partial charge in [-0.25, -0.2) is 0 Å². The van der Waals surface area contributed by atoms with Crippen molar-refractivity contribution in [1.29, 1.82) is 0 Å². The minimum Gasteiger partial charge on any atom is -0.305 e. The molecule has 0 bridgehead atoms. The van der Waals surface area contributed by atoms with Crippen LogP contribution in [0.3, 0.4) is 0 Å². The van der Waals surface area contributed by atoms with E-state index in [-0.39, 0.29) is 5.91 Å². The van der Waals surface area contributed by atoms with Crippen molar-refractivity contribution in [2.24, 2.45) is 4.99 Å². The molecular formula is C6H9ClN2OS. The molecule has 0 aliphatic carbocycles. The number of carbonyl (C=O) groups is 1. The second-order valence-electron chi connectivity index (χ2n) is 2.02. The molecule has 0 spiro atoms. The van der Waals surface area contributed by atoms with Gasteiger partial charge in [0.2, 0.25) is 5.91 Å². The number of amides is 1. The van der Waals surface area contributed by atoms with E-state index in [1.165, 1.54) is 0 Å². The van der Waals surface area contributed by atoms with Crippen molar-refractivity contribution in [2.45, 2.75) is 6.42 Å². The normalized spacial score (nSPS) is 16.3. The Balaban J connectivity index is 2.24. The maximum Gasteiger partial charge on any atom is 0.227 e. The van der Waals surface area contributed by atoms with Crippen molar-refractivity contribution in [3.8, 4) is 0 Å². The molecule has 1 aliphatic heterocycles. The summed E-state index contributed by atoms with van der Waals surface area (Å²) in [7, 11) is 0. The minimum atomic E-state index is -0.0480. The quantitative estimate of drug-likeness (QED) is 0.659. The van der Waals surface area contributed by atoms with Gasteiger partial charge in [0.05, 0.1) is 6.54 Å². The van der Waals surface area contributed by atoms with Crippen molar-refractivity contribution in [3.63, 3.8) is 0 Å². The summed E-state index contributed by atoms with van der Waals surface area (Å²) in [4.78, 5) is 15.0. The minimum absolute atomic E-state index is 0.0480. The number of halogens is 1. The Bertz CT molecular complexity index is 183. The van der Waals surface area contributed by atoms with Crippen molar-refractivity contribution >= 4 is 34.4 Å². The van der Waals surface area contributed by atoms with Gasteiger partial charge in [0.15, 0.2) is 5.17 Å². The highest BCUT2D eigenvalue weighted by atomic mass is 35.5. The van der Waals surface area contributed by atoms with Gasteiger partial charge in [-0.05, 0) is 0 Å². The van der Waals surface area contributed by atoms with Crippen LogP contribution in [0, 0.1) is 0 Å². The second-order valence-corrected chi connectivity index (χ2v) is 3.48. The number of nitrogens with zero attached hydrogens (tertiary/aromatic N) is 1. The largest absolute Gasteiger partial charge is 0.305 e. The maximum atomic E-state index is 10.9. The highest BCUT2D eigenvalue weighted by Crippen LogP contribution is 2.08. The van der Waals surface area contributed by atoms with Crippen molar-refractivity contribution in [1.82, 2.24) is 5.32 Å². The first-order chi connectivity index (χ1) is 5.33. The van der Waals surface area contributed by atoms with E-state index in [4.69, 9.17) is 11.6 Å². The fourth-order valence-corrected chi connectivity index (χ4v) is 1.59. The van der Waals surface area contributed by atoms with E-state index in [9.17, 15) is 4.79 Å². The zero-order valence-electron chi connectivity index (χ0n) is 5.97. The zero-order chi connectivity index (χ0) is 8.10. The Hall–Kier alpha value is -0.220. The van der Waals surface area contributed by atoms with Crippen LogP contribution in [0.1, 0.15) is 6.42 Å². The van der Waals surface area contributed by atoms with E-state index in [1.807, 2.05) is 0 Å². The maximum absolute atomic E-state index is 10.9. The third-order valence-corrected chi connectivity index (χ3v) is 2.23. The standard InChI is InChI=1S/C6H9ClN2OS/c7-2-1-5(10)9-6-8-3-4-11-6/h1-4H2,(H,8,9,10). The molecule has 0 aromatic carbocycles. The van der Waals surface area contributed by atoms with Crippen molar-refractivity contribution in [2.75, 3.05) is 18.2 Å². The van der Waals surface area contributed by atoms with E-state index < -0.39 is 0 Å². The average Bonchev–Trinajstić information content (AvgIpc) is 2.40. The summed E-state index contributed by atoms with van der Waals surface area (Å²) in [5, 5.41) is 3.41. The number of rotatable bonds is 2. The van der Waals surface area contributed by atoms with Crippen LogP contribution in [0.5, 0.6) is 0 Å². The Labute approximate surface area is 74.6 Å². The molecule has 1 heterocycles. The van der Waals surface area contributed by atoms with Crippen LogP contribution in [0.4, 0.5) is 0 Å². The lowest BCUT2D eigenvalue weighted by Crippen LogP contribution is -2.27. The zero-order valence-corrected chi connectivity index (χ0v) is 7.54. The SMILES string of the molecule is O=C(CCCl)NC1=NCCS1. The van der Waals surface area contributed by atoms with E-state index >= 15 is 0 Å². The first-order valence-electron chi connectivity index (χ1n) is 3.36. The van der Waals surface area contributed by atoms with Gasteiger partial charge < -0.3 is 5.32 Å². The monoisotopic (exact) mass is 192 g/mol. The molecule has 0 unspecified atom stereocenters. The lowest BCUT2D eigenvalue weighted by Gasteiger charge is -2.00. The number of aliphatic imine (C=N–C) groups is 1. The van der Waals surface area contributed by atoms with Crippen LogP contribution in [0.15, 0.2) is 4.99 Å². The molecule has 0 radical (unpaired) electrons. The van der Waals surface area contributed by atoms with Gasteiger partial charge in [-0.15, -0.1) is 11.6 Å². The average molecular weight is 193 g/mol. The first kappa shape index (κ1) is 8.87. The van der Waals surface area contributed by atoms with Crippen LogP contribution in [-0.2, 0) is 4.79 Å². The van der Waals surface area contributed by atoms with Gasteiger partial charge in [-0.3, -0.25) is 9.79 Å². The summed E-state index contributed by atoms with van der Waals surface area (Å²) in [6, 6.07) is 0. The van der Waals surface area contributed by atoms with Gasteiger partial charge in [0, 0.05) is 18.1 Å². The summed E-state index contributed by atoms with van der Waals surface area (Å²) >= 11 is 6.95. The predicted molar refractivity (Wildman–Crippen MR) is 48.2 cm³/mol. The summed E-state index contributed by atoms with van der Waals surface area (Å²) in [6.45, 7) is 0.807. The molecule has 0 aromatic heterocycles. The molecule has 0 saturated carbocycles. The summed E-state index contributed by atoms with van der Waals surface area (Å²) < 4.78 is 0. The smallest absolute Gasteiger partial charge is 0.227 e. The molecule has 5 heteroatoms. The molecule has 1 amide bonds. The summed E-state index contributed by atoms with van der Waals surface area (Å²) in [5.41, 5.74) is 0. The number of hydrogen-bond acceptors (Lipinski definition) is 3. The van der Waals surface area contributed by atoms with Crippen LogP contribution in [0.2, 0.25) is 0 Å². The molecule has 0 saturated heterocycles. The fourth-order valence-electron chi connectivity index (χ4n) is 0.678. The van der Waals surface area contributed by atoms with Crippen LogP contribution >= 0.6 is 23.4 Å². The van der Waals surface area contributed by atoms with Crippen molar-refractivity contribution < 1.29 is 4.79 Å². The molecular weight excluding hydrogens is 184 g/mol. The third kappa shape index (κ3) is 3.12. The molecule has 0 fully saturated rings. The molecule has 1 rings (SSSR count). The number of thioether (sulfide) groups is 1. The lowest BCUT2D eigenvalue weighted by molar-refractivity contribution is -0.119. The Kier molecular flexibility index (Phi) is 3.72. The van der Waals surface area contributed by atoms with E-state index in [1.54, 1.807) is 11.8 Å². The molecule has 1 N–H and O–H groups in total. The van der Waals surface area contributed by atoms with Gasteiger partial charge in [0.1, 0.15) is 0 Å². The first-order valence-corrected chi connectivity index (χ1v) is 4.88. The fraction of sp³-hybridized carbons (Fsp3) is 0.667. The highest BCUT2D eigenvalue weighted by Gasteiger charge is 2.09. The van der Waals surface area contributed by atoms with Crippen LogP contribution in [0.25, 0.3) is 0 Å². The van der Waals surface area contributed by atoms with Crippen LogP contribution < -0.4 is 5.32 Å². The number of carbonyl (C=O) groups excluding carboxylic acids is 1. The van der Waals surface area contributed by atoms with Crippen molar-refractivity contribution in [3.05, 3.63) is 0 Å². The summed E-state index contributed by atoms with van der Waals surface area (Å²) in [6.07, 6.45) is 0.362. The Morgan fingerprint density at radius 3 is 3.18 bits per heavy atom. The molecule has 1 aliphatic rings. The van der Waals surface area contributed by atoms with E-state index in [2.05, 4.69) is 10.3 Å². The number of amidine groups is 1. The van der Waals surface area contributed by atoms with Gasteiger partial charge in [-0.1, -0.05) is 11.8 Å². The lowest BCUT2D eigenvalue weighted by atomic mass is 10.5. The second kappa shape index (κ2) is 4.62. The third-order valence-electron chi connectivity index (χ3n) is 1.15. The summed E-state index contributed by atoms with van der Waals surface area (Å²) in [5.74, 6) is 1.29. The Morgan fingerprint density at radius 1 is 1.82 bits per heavy atom. The molecule has 62 valence electrons. The molecule has 11 heavy (non-hydrogen) atoms. The van der Waals surface area contributed by atoms with Gasteiger partial charge >= 0.3 is 0 Å². The highest BCUT2D eigenvalue weighted by molar-refractivity contribution is 8.14. The molecule has 0 atom stereocenters. The topological polar surface area (TPSA) is 41.5 Å². The van der Waals surface area contributed by atoms with Gasteiger partial charge in [-0.2, -0.15) is 0 Å². The van der Waals surface area contributed by atoms with E-state index in [0.717, 1.165) is 17.5 Å². The molecule has 3 nitrogen and oxygen atoms in total.